The minimum atomic E-state index is 0.460. The van der Waals surface area contributed by atoms with E-state index >= 15 is 0 Å². The summed E-state index contributed by atoms with van der Waals surface area (Å²) in [4.78, 5) is 8.96. The molecule has 1 aromatic rings. The molecule has 1 fully saturated rings. The van der Waals surface area contributed by atoms with E-state index in [0.717, 1.165) is 17.6 Å². The van der Waals surface area contributed by atoms with Crippen molar-refractivity contribution in [3.63, 3.8) is 0 Å². The lowest BCUT2D eigenvalue weighted by Crippen LogP contribution is -2.11. The largest absolute Gasteiger partial charge is 0.370 e. The van der Waals surface area contributed by atoms with Crippen LogP contribution in [0.4, 0.5) is 5.82 Å². The molecule has 1 heterocycles. The molecular formula is C15H25N3S. The van der Waals surface area contributed by atoms with E-state index in [9.17, 15) is 0 Å². The molecule has 0 atom stereocenters. The summed E-state index contributed by atoms with van der Waals surface area (Å²) in [6.45, 7) is 7.47. The summed E-state index contributed by atoms with van der Waals surface area (Å²) in [6, 6.07) is 0. The van der Waals surface area contributed by atoms with E-state index in [1.54, 1.807) is 6.33 Å². The van der Waals surface area contributed by atoms with Crippen LogP contribution in [0.15, 0.2) is 11.4 Å². The molecule has 1 aliphatic carbocycles. The van der Waals surface area contributed by atoms with Gasteiger partial charge in [0.05, 0.1) is 0 Å². The second-order valence-electron chi connectivity index (χ2n) is 5.50. The predicted octanol–water partition coefficient (Wildman–Crippen LogP) is 4.46. The highest BCUT2D eigenvalue weighted by atomic mass is 32.2. The van der Waals surface area contributed by atoms with Gasteiger partial charge in [-0.1, -0.05) is 33.1 Å². The number of nitrogens with zero attached hydrogens (tertiary/aromatic N) is 2. The number of hydrogen-bond acceptors (Lipinski definition) is 4. The van der Waals surface area contributed by atoms with Gasteiger partial charge in [-0.15, -0.1) is 11.8 Å². The van der Waals surface area contributed by atoms with E-state index in [2.05, 4.69) is 36.1 Å². The molecule has 1 aliphatic rings. The summed E-state index contributed by atoms with van der Waals surface area (Å²) >= 11 is 1.97. The SMILES string of the molecule is CCNc1ncnc(SC2CCCCC2)c1C(C)C. The Morgan fingerprint density at radius 1 is 1.26 bits per heavy atom. The van der Waals surface area contributed by atoms with Crippen molar-refractivity contribution in [3.05, 3.63) is 11.9 Å². The van der Waals surface area contributed by atoms with Gasteiger partial charge in [0, 0.05) is 17.4 Å². The van der Waals surface area contributed by atoms with Crippen molar-refractivity contribution in [1.82, 2.24) is 9.97 Å². The van der Waals surface area contributed by atoms with Crippen molar-refractivity contribution in [2.75, 3.05) is 11.9 Å². The number of anilines is 1. The summed E-state index contributed by atoms with van der Waals surface area (Å²) < 4.78 is 0. The first kappa shape index (κ1) is 14.6. The van der Waals surface area contributed by atoms with Crippen LogP contribution < -0.4 is 5.32 Å². The first-order chi connectivity index (χ1) is 9.22. The van der Waals surface area contributed by atoms with Gasteiger partial charge in [-0.2, -0.15) is 0 Å². The van der Waals surface area contributed by atoms with Gasteiger partial charge in [0.1, 0.15) is 17.2 Å². The first-order valence-electron chi connectivity index (χ1n) is 7.47. The van der Waals surface area contributed by atoms with Crippen LogP contribution in [0.25, 0.3) is 0 Å². The topological polar surface area (TPSA) is 37.8 Å². The van der Waals surface area contributed by atoms with Crippen LogP contribution in [-0.4, -0.2) is 21.8 Å². The van der Waals surface area contributed by atoms with E-state index in [1.165, 1.54) is 42.7 Å². The van der Waals surface area contributed by atoms with Crippen LogP contribution in [0.5, 0.6) is 0 Å². The molecule has 0 spiro atoms. The number of hydrogen-bond donors (Lipinski definition) is 1. The number of thioether (sulfide) groups is 1. The molecule has 2 rings (SSSR count). The minimum absolute atomic E-state index is 0.460. The molecule has 0 aliphatic heterocycles. The van der Waals surface area contributed by atoms with E-state index in [0.29, 0.717) is 5.92 Å². The quantitative estimate of drug-likeness (QED) is 0.808. The van der Waals surface area contributed by atoms with Crippen LogP contribution in [0.1, 0.15) is 64.4 Å². The third-order valence-corrected chi connectivity index (χ3v) is 4.95. The van der Waals surface area contributed by atoms with Crippen molar-refractivity contribution in [1.29, 1.82) is 0 Å². The maximum Gasteiger partial charge on any atom is 0.133 e. The van der Waals surface area contributed by atoms with E-state index < -0.39 is 0 Å². The van der Waals surface area contributed by atoms with Crippen molar-refractivity contribution < 1.29 is 0 Å². The molecule has 0 amide bonds. The van der Waals surface area contributed by atoms with Crippen LogP contribution in [0, 0.1) is 0 Å². The van der Waals surface area contributed by atoms with Gasteiger partial charge in [0.25, 0.3) is 0 Å². The standard InChI is InChI=1S/C15H25N3S/c1-4-16-14-13(11(2)3)15(18-10-17-14)19-12-8-6-5-7-9-12/h10-12H,4-9H2,1-3H3,(H,16,17,18). The summed E-state index contributed by atoms with van der Waals surface area (Å²) in [5.41, 5.74) is 1.29. The van der Waals surface area contributed by atoms with Crippen molar-refractivity contribution in [2.45, 2.75) is 69.1 Å². The average Bonchev–Trinajstić information content (AvgIpc) is 2.40. The van der Waals surface area contributed by atoms with Gasteiger partial charge in [0.15, 0.2) is 0 Å². The summed E-state index contributed by atoms with van der Waals surface area (Å²) in [5.74, 6) is 1.48. The molecular weight excluding hydrogens is 254 g/mol. The highest BCUT2D eigenvalue weighted by Gasteiger charge is 2.20. The minimum Gasteiger partial charge on any atom is -0.370 e. The highest BCUT2D eigenvalue weighted by Crippen LogP contribution is 2.38. The van der Waals surface area contributed by atoms with Gasteiger partial charge in [-0.25, -0.2) is 9.97 Å². The van der Waals surface area contributed by atoms with E-state index in [4.69, 9.17) is 0 Å². The zero-order valence-corrected chi connectivity index (χ0v) is 13.1. The molecule has 0 radical (unpaired) electrons. The summed E-state index contributed by atoms with van der Waals surface area (Å²) in [5, 5.41) is 5.30. The third kappa shape index (κ3) is 3.85. The fraction of sp³-hybridized carbons (Fsp3) is 0.733. The first-order valence-corrected chi connectivity index (χ1v) is 8.35. The fourth-order valence-electron chi connectivity index (χ4n) is 2.64. The van der Waals surface area contributed by atoms with Crippen molar-refractivity contribution >= 4 is 17.6 Å². The van der Waals surface area contributed by atoms with Gasteiger partial charge in [-0.05, 0) is 25.7 Å². The zero-order chi connectivity index (χ0) is 13.7. The molecule has 19 heavy (non-hydrogen) atoms. The number of nitrogens with one attached hydrogen (secondary N) is 1. The van der Waals surface area contributed by atoms with Gasteiger partial charge < -0.3 is 5.32 Å². The predicted molar refractivity (Wildman–Crippen MR) is 83.0 cm³/mol. The van der Waals surface area contributed by atoms with Crippen LogP contribution >= 0.6 is 11.8 Å². The Kier molecular flexibility index (Phi) is 5.49. The van der Waals surface area contributed by atoms with Crippen molar-refractivity contribution in [2.24, 2.45) is 0 Å². The molecule has 1 N–H and O–H groups in total. The lowest BCUT2D eigenvalue weighted by Gasteiger charge is -2.23. The second kappa shape index (κ2) is 7.13. The smallest absolute Gasteiger partial charge is 0.133 e. The molecule has 0 unspecified atom stereocenters. The lowest BCUT2D eigenvalue weighted by molar-refractivity contribution is 0.515. The Morgan fingerprint density at radius 2 is 2.00 bits per heavy atom. The number of rotatable bonds is 5. The normalized spacial score (nSPS) is 16.8. The average molecular weight is 279 g/mol. The maximum absolute atomic E-state index is 4.55. The Bertz CT molecular complexity index is 400. The highest BCUT2D eigenvalue weighted by molar-refractivity contribution is 7.99. The van der Waals surface area contributed by atoms with Crippen LogP contribution in [-0.2, 0) is 0 Å². The molecule has 0 saturated heterocycles. The Morgan fingerprint density at radius 3 is 2.63 bits per heavy atom. The molecule has 3 nitrogen and oxygen atoms in total. The van der Waals surface area contributed by atoms with Gasteiger partial charge in [-0.3, -0.25) is 0 Å². The van der Waals surface area contributed by atoms with Crippen molar-refractivity contribution in [3.8, 4) is 0 Å². The van der Waals surface area contributed by atoms with E-state index in [1.807, 2.05) is 11.8 Å². The zero-order valence-electron chi connectivity index (χ0n) is 12.3. The molecule has 106 valence electrons. The molecule has 0 bridgehead atoms. The fourth-order valence-corrected chi connectivity index (χ4v) is 4.09. The Labute approximate surface area is 121 Å². The summed E-state index contributed by atoms with van der Waals surface area (Å²) in [6.07, 6.45) is 8.53. The number of aromatic nitrogens is 2. The second-order valence-corrected chi connectivity index (χ2v) is 6.79. The molecule has 4 heteroatoms. The van der Waals surface area contributed by atoms with Gasteiger partial charge >= 0.3 is 0 Å². The Hall–Kier alpha value is -0.770. The maximum atomic E-state index is 4.55. The summed E-state index contributed by atoms with van der Waals surface area (Å²) in [7, 11) is 0. The van der Waals surface area contributed by atoms with Gasteiger partial charge in [0.2, 0.25) is 0 Å². The molecule has 1 aromatic heterocycles. The molecule has 1 saturated carbocycles. The van der Waals surface area contributed by atoms with E-state index in [-0.39, 0.29) is 0 Å². The monoisotopic (exact) mass is 279 g/mol. The third-order valence-electron chi connectivity index (χ3n) is 3.60. The van der Waals surface area contributed by atoms with Crippen LogP contribution in [0.2, 0.25) is 0 Å². The molecule has 0 aromatic carbocycles. The lowest BCUT2D eigenvalue weighted by atomic mass is 10.0. The Balaban J connectivity index is 2.20. The van der Waals surface area contributed by atoms with Crippen LogP contribution in [0.3, 0.4) is 0 Å².